The summed E-state index contributed by atoms with van der Waals surface area (Å²) in [5.41, 5.74) is 1.51. The lowest BCUT2D eigenvalue weighted by atomic mass is 10.1. The van der Waals surface area contributed by atoms with Crippen molar-refractivity contribution < 1.29 is 14.4 Å². The molecule has 2 aromatic heterocycles. The molecule has 0 aliphatic carbocycles. The van der Waals surface area contributed by atoms with E-state index in [1.165, 1.54) is 7.11 Å². The van der Waals surface area contributed by atoms with Crippen molar-refractivity contribution in [1.29, 1.82) is 0 Å². The van der Waals surface area contributed by atoms with E-state index in [1.807, 2.05) is 49.3 Å². The van der Waals surface area contributed by atoms with Gasteiger partial charge in [-0.1, -0.05) is 29.8 Å². The number of para-hydroxylation sites is 1. The quantitative estimate of drug-likeness (QED) is 0.190. The first kappa shape index (κ1) is 29.4. The summed E-state index contributed by atoms with van der Waals surface area (Å²) >= 11 is 6.52. The Morgan fingerprint density at radius 3 is 2.35 bits per heavy atom. The van der Waals surface area contributed by atoms with Crippen molar-refractivity contribution in [3.05, 3.63) is 100 Å². The Hall–Kier alpha value is -5.13. The molecule has 220 valence electrons. The molecule has 5 aromatic rings. The molecule has 0 unspecified atom stereocenters. The van der Waals surface area contributed by atoms with Gasteiger partial charge in [0.1, 0.15) is 18.6 Å². The third kappa shape index (κ3) is 7.21. The van der Waals surface area contributed by atoms with E-state index < -0.39 is 11.6 Å². The standard InChI is InChI=1S/C31H30ClN7O4/c1-38(2)16-15-33-30-34-19-20-17-26(29(40)39(42-3)28(20)37-30)25-18-22(11-14-27(25)32)36-31(41)35-21-9-12-24(13-10-21)43-23-7-5-4-6-8-23/h4-14,17-19H,15-16H2,1-3H3,(H,33,34,37)(H2,35,36,41). The molecule has 0 fully saturated rings. The number of likely N-dealkylation sites (N-methyl/N-ethyl adjacent to an activating group) is 1. The van der Waals surface area contributed by atoms with E-state index in [1.54, 1.807) is 54.7 Å². The molecule has 0 saturated heterocycles. The Kier molecular flexibility index (Phi) is 9.04. The molecule has 5 rings (SSSR count). The number of amides is 2. The molecule has 2 amide bonds. The third-order valence-corrected chi connectivity index (χ3v) is 6.66. The molecule has 11 nitrogen and oxygen atoms in total. The van der Waals surface area contributed by atoms with Crippen molar-refractivity contribution in [2.24, 2.45) is 0 Å². The van der Waals surface area contributed by atoms with Crippen LogP contribution < -0.4 is 31.1 Å². The lowest BCUT2D eigenvalue weighted by Crippen LogP contribution is -2.28. The zero-order chi connectivity index (χ0) is 30.3. The second-order valence-corrected chi connectivity index (χ2v) is 10.2. The van der Waals surface area contributed by atoms with Gasteiger partial charge in [-0.3, -0.25) is 4.79 Å². The Labute approximate surface area is 253 Å². The number of hydrogen-bond donors (Lipinski definition) is 3. The summed E-state index contributed by atoms with van der Waals surface area (Å²) in [7, 11) is 5.32. The summed E-state index contributed by atoms with van der Waals surface area (Å²) in [6, 6.07) is 22.5. The number of carbonyl (C=O) groups excluding carboxylic acids is 1. The second kappa shape index (κ2) is 13.2. The highest BCUT2D eigenvalue weighted by molar-refractivity contribution is 6.33. The van der Waals surface area contributed by atoms with Gasteiger partial charge in [-0.15, -0.1) is 4.73 Å². The molecule has 0 aliphatic rings. The lowest BCUT2D eigenvalue weighted by Gasteiger charge is -2.14. The topological polar surface area (TPSA) is 123 Å². The molecule has 0 bridgehead atoms. The average molecular weight is 600 g/mol. The zero-order valence-corrected chi connectivity index (χ0v) is 24.6. The Bertz CT molecular complexity index is 1800. The van der Waals surface area contributed by atoms with E-state index in [4.69, 9.17) is 21.2 Å². The van der Waals surface area contributed by atoms with Crippen LogP contribution in [0.25, 0.3) is 22.2 Å². The van der Waals surface area contributed by atoms with Crippen LogP contribution in [0.1, 0.15) is 0 Å². The van der Waals surface area contributed by atoms with Crippen LogP contribution in [0.5, 0.6) is 11.5 Å². The number of fused-ring (bicyclic) bond motifs is 1. The van der Waals surface area contributed by atoms with Gasteiger partial charge in [0, 0.05) is 46.6 Å². The Morgan fingerprint density at radius 2 is 1.63 bits per heavy atom. The van der Waals surface area contributed by atoms with Gasteiger partial charge in [-0.2, -0.15) is 4.98 Å². The minimum absolute atomic E-state index is 0.259. The summed E-state index contributed by atoms with van der Waals surface area (Å²) in [5, 5.41) is 9.60. The van der Waals surface area contributed by atoms with Crippen molar-refractivity contribution in [1.82, 2.24) is 19.6 Å². The average Bonchev–Trinajstić information content (AvgIpc) is 2.99. The van der Waals surface area contributed by atoms with Crippen LogP contribution >= 0.6 is 11.6 Å². The fourth-order valence-electron chi connectivity index (χ4n) is 4.24. The fourth-order valence-corrected chi connectivity index (χ4v) is 4.46. The van der Waals surface area contributed by atoms with Crippen LogP contribution in [-0.4, -0.2) is 59.9 Å². The number of urea groups is 1. The van der Waals surface area contributed by atoms with Gasteiger partial charge in [-0.05, 0) is 74.8 Å². The predicted octanol–water partition coefficient (Wildman–Crippen LogP) is 5.58. The lowest BCUT2D eigenvalue weighted by molar-refractivity contribution is 0.168. The molecule has 43 heavy (non-hydrogen) atoms. The zero-order valence-electron chi connectivity index (χ0n) is 23.8. The van der Waals surface area contributed by atoms with Gasteiger partial charge in [0.2, 0.25) is 5.95 Å². The van der Waals surface area contributed by atoms with Crippen molar-refractivity contribution in [3.8, 4) is 22.6 Å². The minimum atomic E-state index is -0.472. The molecular weight excluding hydrogens is 570 g/mol. The van der Waals surface area contributed by atoms with E-state index in [-0.39, 0.29) is 5.56 Å². The maximum absolute atomic E-state index is 13.5. The van der Waals surface area contributed by atoms with E-state index in [0.717, 1.165) is 11.3 Å². The van der Waals surface area contributed by atoms with E-state index in [0.29, 0.717) is 57.0 Å². The number of benzene rings is 3. The number of carbonyl (C=O) groups is 1. The number of anilines is 3. The highest BCUT2D eigenvalue weighted by Gasteiger charge is 2.17. The number of aromatic nitrogens is 3. The van der Waals surface area contributed by atoms with Crippen molar-refractivity contribution in [3.63, 3.8) is 0 Å². The van der Waals surface area contributed by atoms with Crippen LogP contribution in [0.2, 0.25) is 5.02 Å². The van der Waals surface area contributed by atoms with Crippen LogP contribution in [0.15, 0.2) is 89.9 Å². The first-order chi connectivity index (χ1) is 20.8. The molecule has 0 spiro atoms. The third-order valence-electron chi connectivity index (χ3n) is 6.33. The highest BCUT2D eigenvalue weighted by Crippen LogP contribution is 2.30. The largest absolute Gasteiger partial charge is 0.457 e. The van der Waals surface area contributed by atoms with Gasteiger partial charge < -0.3 is 30.4 Å². The van der Waals surface area contributed by atoms with Gasteiger partial charge in [0.15, 0.2) is 5.65 Å². The van der Waals surface area contributed by atoms with Crippen molar-refractivity contribution in [2.75, 3.05) is 50.2 Å². The predicted molar refractivity (Wildman–Crippen MR) is 169 cm³/mol. The van der Waals surface area contributed by atoms with Gasteiger partial charge in [0.05, 0.1) is 5.56 Å². The number of halogens is 1. The van der Waals surface area contributed by atoms with Crippen molar-refractivity contribution >= 4 is 46.0 Å². The van der Waals surface area contributed by atoms with Crippen LogP contribution in [0, 0.1) is 0 Å². The molecule has 0 aliphatic heterocycles. The number of ether oxygens (including phenoxy) is 1. The molecule has 0 atom stereocenters. The Balaban J connectivity index is 1.33. The summed E-state index contributed by atoms with van der Waals surface area (Å²) < 4.78 is 6.89. The molecule has 0 radical (unpaired) electrons. The van der Waals surface area contributed by atoms with Crippen LogP contribution in [0.3, 0.4) is 0 Å². The molecular formula is C31H30ClN7O4. The maximum Gasteiger partial charge on any atom is 0.323 e. The first-order valence-corrected chi connectivity index (χ1v) is 13.8. The van der Waals surface area contributed by atoms with Crippen LogP contribution in [-0.2, 0) is 0 Å². The number of pyridine rings is 1. The molecule has 0 saturated carbocycles. The normalized spacial score (nSPS) is 10.9. The van der Waals surface area contributed by atoms with Gasteiger partial charge in [0.25, 0.3) is 5.56 Å². The van der Waals surface area contributed by atoms with E-state index >= 15 is 0 Å². The minimum Gasteiger partial charge on any atom is -0.457 e. The summed E-state index contributed by atoms with van der Waals surface area (Å²) in [5.74, 6) is 1.73. The molecule has 3 N–H and O–H groups in total. The molecule has 3 aromatic carbocycles. The van der Waals surface area contributed by atoms with E-state index in [9.17, 15) is 9.59 Å². The number of rotatable bonds is 10. The molecule has 12 heteroatoms. The van der Waals surface area contributed by atoms with Crippen LogP contribution in [0.4, 0.5) is 22.1 Å². The number of nitrogens with one attached hydrogen (secondary N) is 3. The smallest absolute Gasteiger partial charge is 0.323 e. The fraction of sp³-hybridized carbons (Fsp3) is 0.161. The summed E-state index contributed by atoms with van der Waals surface area (Å²) in [6.45, 7) is 1.42. The van der Waals surface area contributed by atoms with Gasteiger partial charge in [-0.25, -0.2) is 9.78 Å². The maximum atomic E-state index is 13.5. The number of hydrogen-bond acceptors (Lipinski definition) is 8. The summed E-state index contributed by atoms with van der Waals surface area (Å²) in [6.07, 6.45) is 1.61. The summed E-state index contributed by atoms with van der Waals surface area (Å²) in [4.78, 5) is 42.5. The molecule has 2 heterocycles. The monoisotopic (exact) mass is 599 g/mol. The second-order valence-electron chi connectivity index (χ2n) is 9.76. The Morgan fingerprint density at radius 1 is 0.930 bits per heavy atom. The highest BCUT2D eigenvalue weighted by atomic mass is 35.5. The first-order valence-electron chi connectivity index (χ1n) is 13.4. The van der Waals surface area contributed by atoms with E-state index in [2.05, 4.69) is 25.9 Å². The number of nitrogens with zero attached hydrogens (tertiary/aromatic N) is 4. The van der Waals surface area contributed by atoms with Crippen molar-refractivity contribution in [2.45, 2.75) is 0 Å². The van der Waals surface area contributed by atoms with Gasteiger partial charge >= 0.3 is 6.03 Å². The SMILES string of the molecule is COn1c(=O)c(-c2cc(NC(=O)Nc3ccc(Oc4ccccc4)cc3)ccc2Cl)cc2cnc(NCCN(C)C)nc21.